The van der Waals surface area contributed by atoms with Crippen molar-refractivity contribution in [3.63, 3.8) is 0 Å². The maximum atomic E-state index is 7.00. The summed E-state index contributed by atoms with van der Waals surface area (Å²) in [6.07, 6.45) is 10.2. The van der Waals surface area contributed by atoms with E-state index in [0.29, 0.717) is 25.0 Å². The topological polar surface area (TPSA) is 55.4 Å². The zero-order valence-electron chi connectivity index (χ0n) is 32.0. The normalized spacial score (nSPS) is 23.5. The van der Waals surface area contributed by atoms with Crippen molar-refractivity contribution >= 4 is 52.2 Å². The Morgan fingerprint density at radius 3 is 1.75 bits per heavy atom. The maximum absolute atomic E-state index is 7.00. The van der Waals surface area contributed by atoms with Gasteiger partial charge in [-0.15, -0.1) is 23.1 Å². The summed E-state index contributed by atoms with van der Waals surface area (Å²) in [5, 5.41) is 1.21. The number of benzene rings is 1. The Balaban J connectivity index is 1.60. The quantitative estimate of drug-likeness (QED) is 0.162. The summed E-state index contributed by atoms with van der Waals surface area (Å²) >= 11 is 3.65. The van der Waals surface area contributed by atoms with Crippen LogP contribution in [0.25, 0.3) is 10.1 Å². The van der Waals surface area contributed by atoms with Gasteiger partial charge in [0.25, 0.3) is 0 Å². The van der Waals surface area contributed by atoms with Crippen molar-refractivity contribution in [2.45, 2.75) is 173 Å². The van der Waals surface area contributed by atoms with Gasteiger partial charge in [0, 0.05) is 25.8 Å². The van der Waals surface area contributed by atoms with Crippen molar-refractivity contribution in [3.05, 3.63) is 11.6 Å². The van der Waals surface area contributed by atoms with E-state index in [4.69, 9.17) is 28.1 Å². The fourth-order valence-electron chi connectivity index (χ4n) is 6.71. The van der Waals surface area contributed by atoms with Gasteiger partial charge in [0.2, 0.25) is 0 Å². The highest BCUT2D eigenvalue weighted by Crippen LogP contribution is 2.55. The molecule has 4 heterocycles. The fraction of sp³-hybridized carbons (Fsp3) is 0.789. The second-order valence-corrected chi connectivity index (χ2v) is 18.7. The molecule has 3 unspecified atom stereocenters. The number of rotatable bonds is 16. The number of fused-ring (bicyclic) bond motifs is 3. The number of thiophene rings is 1. The van der Waals surface area contributed by atoms with Crippen molar-refractivity contribution in [2.24, 2.45) is 11.8 Å². The van der Waals surface area contributed by atoms with E-state index in [2.05, 4.69) is 89.2 Å². The SMILES string of the molecule is CCCCC(CC)COc1c2c(c3sc(B4OC(C)(C)C(C)(C)O4)cc3c1OCC(CC)CCCC)SC(B1OC(C)(C)C(C)(C)O1)C2. The summed E-state index contributed by atoms with van der Waals surface area (Å²) in [4.78, 5) is 1.26. The summed E-state index contributed by atoms with van der Waals surface area (Å²) in [7, 11) is -0.745. The van der Waals surface area contributed by atoms with Gasteiger partial charge < -0.3 is 28.1 Å². The molecule has 0 aliphatic carbocycles. The van der Waals surface area contributed by atoms with Crippen LogP contribution in [0.5, 0.6) is 11.5 Å². The van der Waals surface area contributed by atoms with Crippen molar-refractivity contribution in [2.75, 3.05) is 13.2 Å². The molecule has 48 heavy (non-hydrogen) atoms. The van der Waals surface area contributed by atoms with E-state index in [0.717, 1.165) is 40.9 Å². The van der Waals surface area contributed by atoms with Gasteiger partial charge in [-0.05, 0) is 92.6 Å². The Hall–Kier alpha value is -0.900. The van der Waals surface area contributed by atoms with E-state index >= 15 is 0 Å². The first-order chi connectivity index (χ1) is 22.6. The van der Waals surface area contributed by atoms with Gasteiger partial charge in [0.05, 0.1) is 40.3 Å². The molecule has 0 spiro atoms. The third kappa shape index (κ3) is 7.65. The molecule has 3 aliphatic heterocycles. The van der Waals surface area contributed by atoms with Crippen LogP contribution in [0.15, 0.2) is 11.0 Å². The van der Waals surface area contributed by atoms with Gasteiger partial charge in [0.1, 0.15) is 0 Å². The lowest BCUT2D eigenvalue weighted by Gasteiger charge is -2.32. The van der Waals surface area contributed by atoms with Crippen LogP contribution in [0.1, 0.15) is 140 Å². The minimum Gasteiger partial charge on any atom is -0.489 e. The number of hydrogen-bond acceptors (Lipinski definition) is 8. The smallest absolute Gasteiger partial charge is 0.489 e. The monoisotopic (exact) mass is 700 g/mol. The predicted octanol–water partition coefficient (Wildman–Crippen LogP) is 10.0. The molecule has 3 atom stereocenters. The average molecular weight is 701 g/mol. The third-order valence-electron chi connectivity index (χ3n) is 11.7. The summed E-state index contributed by atoms with van der Waals surface area (Å²) < 4.78 is 42.7. The van der Waals surface area contributed by atoms with E-state index in [1.807, 2.05) is 11.8 Å². The van der Waals surface area contributed by atoms with Gasteiger partial charge in [-0.3, -0.25) is 0 Å². The van der Waals surface area contributed by atoms with Gasteiger partial charge >= 0.3 is 14.2 Å². The number of unbranched alkanes of at least 4 members (excludes halogenated alkanes) is 2. The van der Waals surface area contributed by atoms with Crippen molar-refractivity contribution in [1.82, 2.24) is 0 Å². The summed E-state index contributed by atoms with van der Waals surface area (Å²) in [6, 6.07) is 2.26. The van der Waals surface area contributed by atoms with E-state index in [1.54, 1.807) is 11.3 Å². The molecular weight excluding hydrogens is 638 g/mol. The van der Waals surface area contributed by atoms with Crippen molar-refractivity contribution in [1.29, 1.82) is 0 Å². The van der Waals surface area contributed by atoms with Crippen LogP contribution >= 0.6 is 23.1 Å². The average Bonchev–Trinajstić information content (AvgIpc) is 3.75. The molecule has 5 rings (SSSR count). The zero-order valence-corrected chi connectivity index (χ0v) is 33.6. The molecule has 0 bridgehead atoms. The largest absolute Gasteiger partial charge is 0.505 e. The molecular formula is C38H62B2O6S2. The van der Waals surface area contributed by atoms with Crippen LogP contribution in [0.2, 0.25) is 0 Å². The van der Waals surface area contributed by atoms with Crippen LogP contribution in [0, 0.1) is 11.8 Å². The lowest BCUT2D eigenvalue weighted by Crippen LogP contribution is -2.41. The van der Waals surface area contributed by atoms with Crippen molar-refractivity contribution in [3.8, 4) is 11.5 Å². The molecule has 1 aromatic heterocycles. The summed E-state index contributed by atoms with van der Waals surface area (Å²) in [5.74, 6) is 2.82. The van der Waals surface area contributed by atoms with E-state index in [9.17, 15) is 0 Å². The first-order valence-electron chi connectivity index (χ1n) is 18.8. The number of ether oxygens (including phenoxy) is 2. The summed E-state index contributed by atoms with van der Waals surface area (Å²) in [5.41, 5.74) is -0.368. The second kappa shape index (κ2) is 15.0. The van der Waals surface area contributed by atoms with E-state index in [1.165, 1.54) is 53.7 Å². The first kappa shape index (κ1) is 38.3. The fourth-order valence-corrected chi connectivity index (χ4v) is 9.38. The molecule has 268 valence electrons. The van der Waals surface area contributed by atoms with Crippen LogP contribution in [-0.4, -0.2) is 55.0 Å². The van der Waals surface area contributed by atoms with Crippen LogP contribution in [0.4, 0.5) is 0 Å². The maximum Gasteiger partial charge on any atom is 0.505 e. The number of thioether (sulfide) groups is 1. The molecule has 0 N–H and O–H groups in total. The van der Waals surface area contributed by atoms with Gasteiger partial charge in [-0.25, -0.2) is 0 Å². The molecule has 2 fully saturated rings. The third-order valence-corrected chi connectivity index (χ3v) is 14.4. The Morgan fingerprint density at radius 2 is 1.25 bits per heavy atom. The molecule has 2 aromatic rings. The standard InChI is InChI=1S/C38H62B2O6S2/c1-13-17-19-25(15-3)23-41-31-27-21-29(39-43-35(5,6)36(7,8)44-39)47-33(27)34-28(32(31)42-24-26(16-4)20-18-14-2)22-30(48-34)40-45-37(9,10)38(11,12)46-40/h21,25-26,30H,13-20,22-24H2,1-12H3. The molecule has 2 saturated heterocycles. The molecule has 0 radical (unpaired) electrons. The molecule has 3 aliphatic rings. The molecule has 10 heteroatoms. The van der Waals surface area contributed by atoms with E-state index < -0.39 is 18.3 Å². The molecule has 6 nitrogen and oxygen atoms in total. The van der Waals surface area contributed by atoms with Gasteiger partial charge in [0.15, 0.2) is 11.5 Å². The first-order valence-corrected chi connectivity index (χ1v) is 20.5. The van der Waals surface area contributed by atoms with Gasteiger partial charge in [-0.2, -0.15) is 0 Å². The van der Waals surface area contributed by atoms with Crippen LogP contribution < -0.4 is 14.3 Å². The minimum atomic E-state index is -0.433. The molecule has 1 aromatic carbocycles. The Bertz CT molecular complexity index is 1370. The van der Waals surface area contributed by atoms with Crippen LogP contribution in [-0.2, 0) is 25.0 Å². The lowest BCUT2D eigenvalue weighted by molar-refractivity contribution is 0.00578. The second-order valence-electron chi connectivity index (χ2n) is 16.4. The van der Waals surface area contributed by atoms with Crippen LogP contribution in [0.3, 0.4) is 0 Å². The minimum absolute atomic E-state index is 0.110. The molecule has 0 saturated carbocycles. The highest BCUT2D eigenvalue weighted by atomic mass is 32.2. The summed E-state index contributed by atoms with van der Waals surface area (Å²) in [6.45, 7) is 27.5. The predicted molar refractivity (Wildman–Crippen MR) is 205 cm³/mol. The van der Waals surface area contributed by atoms with Gasteiger partial charge in [-0.1, -0.05) is 66.2 Å². The Morgan fingerprint density at radius 1 is 0.750 bits per heavy atom. The highest BCUT2D eigenvalue weighted by molar-refractivity contribution is 8.02. The molecule has 0 amide bonds. The lowest BCUT2D eigenvalue weighted by atomic mass is 9.80. The van der Waals surface area contributed by atoms with E-state index in [-0.39, 0.29) is 23.5 Å². The van der Waals surface area contributed by atoms with Crippen molar-refractivity contribution < 1.29 is 28.1 Å². The Kier molecular flexibility index (Phi) is 12.0. The highest BCUT2D eigenvalue weighted by Gasteiger charge is 2.56. The Labute approximate surface area is 300 Å². The zero-order chi connectivity index (χ0) is 35.1. The number of hydrogen-bond donors (Lipinski definition) is 0.